The third kappa shape index (κ3) is 2.72. The molecule has 0 saturated heterocycles. The molecule has 0 radical (unpaired) electrons. The Hall–Kier alpha value is -0.790. The van der Waals surface area contributed by atoms with Crippen LogP contribution in [0.5, 0.6) is 0 Å². The maximum atomic E-state index is 6.28. The zero-order valence-corrected chi connectivity index (χ0v) is 11.6. The highest BCUT2D eigenvalue weighted by atomic mass is 35.5. The van der Waals surface area contributed by atoms with Crippen molar-refractivity contribution in [3.05, 3.63) is 58.3 Å². The molecule has 1 atom stereocenters. The van der Waals surface area contributed by atoms with E-state index in [0.717, 1.165) is 12.8 Å². The van der Waals surface area contributed by atoms with Gasteiger partial charge in [-0.3, -0.25) is 0 Å². The topological polar surface area (TPSA) is 0 Å². The van der Waals surface area contributed by atoms with Crippen molar-refractivity contribution in [1.29, 1.82) is 0 Å². The summed E-state index contributed by atoms with van der Waals surface area (Å²) in [4.78, 5) is 0. The molecule has 0 aliphatic carbocycles. The summed E-state index contributed by atoms with van der Waals surface area (Å²) in [6.45, 7) is 2.22. The summed E-state index contributed by atoms with van der Waals surface area (Å²) in [7, 11) is 0. The molecule has 0 spiro atoms. The smallest absolute Gasteiger partial charge is 0.0323 e. The average Bonchev–Trinajstić information content (AvgIpc) is 2.90. The first-order valence-corrected chi connectivity index (χ1v) is 7.41. The van der Waals surface area contributed by atoms with Crippen LogP contribution in [0.1, 0.15) is 24.5 Å². The van der Waals surface area contributed by atoms with Crippen molar-refractivity contribution in [3.63, 3.8) is 0 Å². The summed E-state index contributed by atoms with van der Waals surface area (Å²) in [5, 5.41) is 4.36. The SMILES string of the molecule is CCC(CCl)(Cc1ccsc1)c1ccccc1. The third-order valence-electron chi connectivity index (χ3n) is 3.44. The second-order valence-corrected chi connectivity index (χ2v) is 5.49. The summed E-state index contributed by atoms with van der Waals surface area (Å²) in [6, 6.07) is 12.8. The van der Waals surface area contributed by atoms with Gasteiger partial charge in [0, 0.05) is 11.3 Å². The lowest BCUT2D eigenvalue weighted by molar-refractivity contribution is 0.459. The maximum absolute atomic E-state index is 6.28. The van der Waals surface area contributed by atoms with Crippen LogP contribution in [0.4, 0.5) is 0 Å². The molecule has 90 valence electrons. The Morgan fingerprint density at radius 3 is 2.47 bits per heavy atom. The van der Waals surface area contributed by atoms with Crippen LogP contribution in [0.25, 0.3) is 0 Å². The number of halogens is 1. The summed E-state index contributed by atoms with van der Waals surface area (Å²) in [6.07, 6.45) is 2.09. The minimum Gasteiger partial charge on any atom is -0.152 e. The Balaban J connectivity index is 2.32. The molecule has 1 aromatic carbocycles. The molecule has 0 fully saturated rings. The monoisotopic (exact) mass is 264 g/mol. The predicted octanol–water partition coefficient (Wildman–Crippen LogP) is 4.88. The van der Waals surface area contributed by atoms with Crippen molar-refractivity contribution < 1.29 is 0 Å². The highest BCUT2D eigenvalue weighted by Crippen LogP contribution is 2.33. The maximum Gasteiger partial charge on any atom is 0.0323 e. The lowest BCUT2D eigenvalue weighted by Crippen LogP contribution is -2.30. The zero-order valence-electron chi connectivity index (χ0n) is 10.0. The van der Waals surface area contributed by atoms with E-state index in [0.29, 0.717) is 5.88 Å². The molecule has 17 heavy (non-hydrogen) atoms. The fourth-order valence-electron chi connectivity index (χ4n) is 2.23. The number of rotatable bonds is 5. The Morgan fingerprint density at radius 2 is 1.94 bits per heavy atom. The molecule has 0 aliphatic heterocycles. The van der Waals surface area contributed by atoms with E-state index in [2.05, 4.69) is 54.1 Å². The van der Waals surface area contributed by atoms with Crippen LogP contribution in [0.15, 0.2) is 47.2 Å². The van der Waals surface area contributed by atoms with Gasteiger partial charge in [0.15, 0.2) is 0 Å². The van der Waals surface area contributed by atoms with E-state index >= 15 is 0 Å². The number of alkyl halides is 1. The van der Waals surface area contributed by atoms with Crippen LogP contribution in [-0.4, -0.2) is 5.88 Å². The van der Waals surface area contributed by atoms with Crippen LogP contribution in [-0.2, 0) is 11.8 Å². The first-order chi connectivity index (χ1) is 8.30. The molecule has 0 bridgehead atoms. The van der Waals surface area contributed by atoms with Crippen LogP contribution < -0.4 is 0 Å². The fraction of sp³-hybridized carbons (Fsp3) is 0.333. The van der Waals surface area contributed by atoms with E-state index in [1.807, 2.05) is 0 Å². The van der Waals surface area contributed by atoms with E-state index in [9.17, 15) is 0 Å². The Morgan fingerprint density at radius 1 is 1.18 bits per heavy atom. The van der Waals surface area contributed by atoms with Gasteiger partial charge < -0.3 is 0 Å². The van der Waals surface area contributed by atoms with Gasteiger partial charge in [0.05, 0.1) is 0 Å². The van der Waals surface area contributed by atoms with Crippen molar-refractivity contribution in [3.8, 4) is 0 Å². The molecule has 2 aromatic rings. The van der Waals surface area contributed by atoms with E-state index in [1.165, 1.54) is 11.1 Å². The van der Waals surface area contributed by atoms with Gasteiger partial charge in [0.1, 0.15) is 0 Å². The minimum atomic E-state index is 0.0733. The highest BCUT2D eigenvalue weighted by molar-refractivity contribution is 7.07. The molecule has 1 unspecified atom stereocenters. The summed E-state index contributed by atoms with van der Waals surface area (Å²) in [5.41, 5.74) is 2.81. The lowest BCUT2D eigenvalue weighted by atomic mass is 9.75. The molecule has 0 N–H and O–H groups in total. The van der Waals surface area contributed by atoms with Crippen LogP contribution in [0.2, 0.25) is 0 Å². The number of thiophene rings is 1. The summed E-state index contributed by atoms with van der Waals surface area (Å²) >= 11 is 8.03. The van der Waals surface area contributed by atoms with Crippen LogP contribution in [0, 0.1) is 0 Å². The molecule has 0 amide bonds. The largest absolute Gasteiger partial charge is 0.152 e. The third-order valence-corrected chi connectivity index (χ3v) is 4.68. The van der Waals surface area contributed by atoms with Gasteiger partial charge in [-0.15, -0.1) is 11.6 Å². The zero-order chi connectivity index (χ0) is 12.1. The molecule has 1 heterocycles. The van der Waals surface area contributed by atoms with Crippen LogP contribution >= 0.6 is 22.9 Å². The number of hydrogen-bond acceptors (Lipinski definition) is 1. The molecular formula is C15H17ClS. The quantitative estimate of drug-likeness (QED) is 0.676. The van der Waals surface area contributed by atoms with E-state index in [-0.39, 0.29) is 5.41 Å². The van der Waals surface area contributed by atoms with Crippen molar-refractivity contribution in [2.24, 2.45) is 0 Å². The highest BCUT2D eigenvalue weighted by Gasteiger charge is 2.29. The summed E-state index contributed by atoms with van der Waals surface area (Å²) in [5.74, 6) is 0.670. The molecule has 0 saturated carbocycles. The van der Waals surface area contributed by atoms with E-state index in [4.69, 9.17) is 11.6 Å². The lowest BCUT2D eigenvalue weighted by Gasteiger charge is -2.31. The van der Waals surface area contributed by atoms with Crippen molar-refractivity contribution >= 4 is 22.9 Å². The number of hydrogen-bond donors (Lipinski definition) is 0. The average molecular weight is 265 g/mol. The minimum absolute atomic E-state index is 0.0733. The first kappa shape index (κ1) is 12.7. The molecule has 0 nitrogen and oxygen atoms in total. The van der Waals surface area contributed by atoms with Crippen molar-refractivity contribution in [2.45, 2.75) is 25.2 Å². The second-order valence-electron chi connectivity index (χ2n) is 4.44. The van der Waals surface area contributed by atoms with Gasteiger partial charge in [0.2, 0.25) is 0 Å². The normalized spacial score (nSPS) is 14.5. The van der Waals surface area contributed by atoms with Gasteiger partial charge >= 0.3 is 0 Å². The summed E-state index contributed by atoms with van der Waals surface area (Å²) < 4.78 is 0. The number of benzene rings is 1. The van der Waals surface area contributed by atoms with Gasteiger partial charge in [0.25, 0.3) is 0 Å². The molecule has 2 heteroatoms. The van der Waals surface area contributed by atoms with Crippen molar-refractivity contribution in [2.75, 3.05) is 5.88 Å². The van der Waals surface area contributed by atoms with Gasteiger partial charge in [-0.05, 0) is 40.8 Å². The Labute approximate surface area is 112 Å². The predicted molar refractivity (Wildman–Crippen MR) is 77.2 cm³/mol. The van der Waals surface area contributed by atoms with E-state index < -0.39 is 0 Å². The standard InChI is InChI=1S/C15H17ClS/c1-2-15(12-16,10-13-8-9-17-11-13)14-6-4-3-5-7-14/h3-9,11H,2,10,12H2,1H3. The molecular weight excluding hydrogens is 248 g/mol. The second kappa shape index (κ2) is 5.70. The Kier molecular flexibility index (Phi) is 4.25. The van der Waals surface area contributed by atoms with Gasteiger partial charge in [-0.1, -0.05) is 37.3 Å². The van der Waals surface area contributed by atoms with E-state index in [1.54, 1.807) is 11.3 Å². The Bertz CT molecular complexity index is 429. The van der Waals surface area contributed by atoms with Crippen molar-refractivity contribution in [1.82, 2.24) is 0 Å². The first-order valence-electron chi connectivity index (χ1n) is 5.93. The fourth-order valence-corrected chi connectivity index (χ4v) is 3.33. The van der Waals surface area contributed by atoms with Gasteiger partial charge in [-0.2, -0.15) is 11.3 Å². The van der Waals surface area contributed by atoms with Gasteiger partial charge in [-0.25, -0.2) is 0 Å². The van der Waals surface area contributed by atoms with Crippen LogP contribution in [0.3, 0.4) is 0 Å². The molecule has 0 aliphatic rings. The molecule has 1 aromatic heterocycles. The molecule has 2 rings (SSSR count).